The van der Waals surface area contributed by atoms with E-state index >= 15 is 0 Å². The minimum absolute atomic E-state index is 0.0503. The number of fused-ring (bicyclic) bond motifs is 1. The van der Waals surface area contributed by atoms with Gasteiger partial charge in [-0.1, -0.05) is 41.9 Å². The molecule has 0 unspecified atom stereocenters. The van der Waals surface area contributed by atoms with Crippen LogP contribution in [0.3, 0.4) is 0 Å². The van der Waals surface area contributed by atoms with E-state index in [1.165, 1.54) is 16.5 Å². The number of hydrogen-bond acceptors (Lipinski definition) is 3. The summed E-state index contributed by atoms with van der Waals surface area (Å²) in [6, 6.07) is 16.3. The zero-order valence-electron chi connectivity index (χ0n) is 18.7. The predicted octanol–water partition coefficient (Wildman–Crippen LogP) is 4.68. The second-order valence-corrected chi connectivity index (χ2v) is 8.79. The maximum absolute atomic E-state index is 13.0. The van der Waals surface area contributed by atoms with Gasteiger partial charge in [-0.15, -0.1) is 0 Å². The molecule has 5 nitrogen and oxygen atoms in total. The van der Waals surface area contributed by atoms with Crippen molar-refractivity contribution in [2.75, 3.05) is 39.4 Å². The molecule has 1 aliphatic heterocycles. The number of nitrogens with zero attached hydrogens (tertiary/aromatic N) is 2. The molecular weight excluding hydrogens is 422 g/mol. The van der Waals surface area contributed by atoms with Crippen molar-refractivity contribution in [3.05, 3.63) is 70.9 Å². The number of nitrogens with one attached hydrogen (secondary N) is 1. The summed E-state index contributed by atoms with van der Waals surface area (Å²) in [5.41, 5.74) is 3.44. The quantitative estimate of drug-likeness (QED) is 0.479. The Balaban J connectivity index is 1.49. The van der Waals surface area contributed by atoms with Gasteiger partial charge >= 0.3 is 0 Å². The summed E-state index contributed by atoms with van der Waals surface area (Å²) < 4.78 is 7.65. The SMILES string of the molecule is CCn1cc([C@@H](CC(=O)NCCCN2CCOCC2)c2cccc(Cl)c2)c2ccccc21. The molecule has 1 aromatic heterocycles. The molecule has 1 atom stereocenters. The van der Waals surface area contributed by atoms with Crippen LogP contribution in [0.1, 0.15) is 36.8 Å². The lowest BCUT2D eigenvalue weighted by atomic mass is 9.88. The second kappa shape index (κ2) is 11.0. The van der Waals surface area contributed by atoms with E-state index < -0.39 is 0 Å². The van der Waals surface area contributed by atoms with E-state index in [0.717, 1.165) is 51.4 Å². The van der Waals surface area contributed by atoms with Gasteiger partial charge in [0.1, 0.15) is 0 Å². The van der Waals surface area contributed by atoms with Crippen LogP contribution in [0.4, 0.5) is 0 Å². The van der Waals surface area contributed by atoms with Crippen LogP contribution in [0.15, 0.2) is 54.7 Å². The molecule has 170 valence electrons. The number of aryl methyl sites for hydroxylation is 1. The summed E-state index contributed by atoms with van der Waals surface area (Å²) in [4.78, 5) is 15.4. The first-order valence-corrected chi connectivity index (χ1v) is 11.9. The zero-order valence-corrected chi connectivity index (χ0v) is 19.5. The van der Waals surface area contributed by atoms with Gasteiger partial charge in [0.2, 0.25) is 5.91 Å². The third kappa shape index (κ3) is 5.52. The Kier molecular flexibility index (Phi) is 7.85. The summed E-state index contributed by atoms with van der Waals surface area (Å²) in [6.45, 7) is 8.28. The first-order chi connectivity index (χ1) is 15.7. The van der Waals surface area contributed by atoms with Gasteiger partial charge in [0.15, 0.2) is 0 Å². The van der Waals surface area contributed by atoms with Gasteiger partial charge in [0.25, 0.3) is 0 Å². The van der Waals surface area contributed by atoms with E-state index in [1.807, 2.05) is 18.2 Å². The number of ether oxygens (including phenoxy) is 1. The van der Waals surface area contributed by atoms with Gasteiger partial charge in [-0.05, 0) is 49.2 Å². The summed E-state index contributed by atoms with van der Waals surface area (Å²) in [5.74, 6) is 0.0240. The normalized spacial score (nSPS) is 15.7. The van der Waals surface area contributed by atoms with E-state index in [9.17, 15) is 4.79 Å². The van der Waals surface area contributed by atoms with Gasteiger partial charge in [-0.3, -0.25) is 9.69 Å². The maximum atomic E-state index is 13.0. The lowest BCUT2D eigenvalue weighted by molar-refractivity contribution is -0.121. The summed E-state index contributed by atoms with van der Waals surface area (Å²) in [7, 11) is 0. The van der Waals surface area contributed by atoms with Gasteiger partial charge in [-0.2, -0.15) is 0 Å². The van der Waals surface area contributed by atoms with Gasteiger partial charge in [0, 0.05) is 60.6 Å². The Morgan fingerprint density at radius 3 is 2.75 bits per heavy atom. The van der Waals surface area contributed by atoms with E-state index in [4.69, 9.17) is 16.3 Å². The monoisotopic (exact) mass is 453 g/mol. The summed E-state index contributed by atoms with van der Waals surface area (Å²) in [6.07, 6.45) is 3.54. The van der Waals surface area contributed by atoms with Crippen LogP contribution in [0, 0.1) is 0 Å². The van der Waals surface area contributed by atoms with Crippen LogP contribution in [-0.4, -0.2) is 54.8 Å². The average Bonchev–Trinajstić information content (AvgIpc) is 3.19. The van der Waals surface area contributed by atoms with Crippen molar-refractivity contribution in [1.29, 1.82) is 0 Å². The lowest BCUT2D eigenvalue weighted by Gasteiger charge is -2.26. The molecule has 1 aliphatic rings. The first kappa shape index (κ1) is 22.8. The Bertz CT molecular complexity index is 1040. The zero-order chi connectivity index (χ0) is 22.3. The van der Waals surface area contributed by atoms with Crippen LogP contribution in [-0.2, 0) is 16.1 Å². The van der Waals surface area contributed by atoms with Crippen molar-refractivity contribution in [3.63, 3.8) is 0 Å². The van der Waals surface area contributed by atoms with Crippen LogP contribution in [0.25, 0.3) is 10.9 Å². The molecule has 4 rings (SSSR count). The standard InChI is InChI=1S/C26H32ClN3O2/c1-2-30-19-24(22-9-3-4-10-25(22)30)23(20-7-5-8-21(27)17-20)18-26(31)28-11-6-12-29-13-15-32-16-14-29/h3-5,7-10,17,19,23H,2,6,11-16,18H2,1H3,(H,28,31)/t23-/m0/s1. The third-order valence-electron chi connectivity index (χ3n) is 6.25. The molecule has 1 saturated heterocycles. The fourth-order valence-corrected chi connectivity index (χ4v) is 4.76. The molecule has 0 radical (unpaired) electrons. The van der Waals surface area contributed by atoms with Crippen LogP contribution < -0.4 is 5.32 Å². The van der Waals surface area contributed by atoms with E-state index in [1.54, 1.807) is 0 Å². The number of amides is 1. The van der Waals surface area contributed by atoms with Crippen molar-refractivity contribution >= 4 is 28.4 Å². The van der Waals surface area contributed by atoms with Crippen molar-refractivity contribution in [2.45, 2.75) is 32.2 Å². The largest absolute Gasteiger partial charge is 0.379 e. The number of hydrogen-bond donors (Lipinski definition) is 1. The highest BCUT2D eigenvalue weighted by Gasteiger charge is 2.23. The molecule has 2 heterocycles. The topological polar surface area (TPSA) is 46.5 Å². The molecule has 32 heavy (non-hydrogen) atoms. The van der Waals surface area contributed by atoms with Crippen molar-refractivity contribution in [3.8, 4) is 0 Å². The molecule has 1 fully saturated rings. The maximum Gasteiger partial charge on any atom is 0.220 e. The summed E-state index contributed by atoms with van der Waals surface area (Å²) >= 11 is 6.32. The average molecular weight is 454 g/mol. The smallest absolute Gasteiger partial charge is 0.220 e. The molecule has 3 aromatic rings. The van der Waals surface area contributed by atoms with Crippen LogP contribution >= 0.6 is 11.6 Å². The number of aromatic nitrogens is 1. The molecule has 1 amide bonds. The van der Waals surface area contributed by atoms with Crippen molar-refractivity contribution in [1.82, 2.24) is 14.8 Å². The Hall–Kier alpha value is -2.34. The second-order valence-electron chi connectivity index (χ2n) is 8.36. The molecule has 0 bridgehead atoms. The molecule has 0 aliphatic carbocycles. The highest BCUT2D eigenvalue weighted by molar-refractivity contribution is 6.30. The fourth-order valence-electron chi connectivity index (χ4n) is 4.56. The minimum atomic E-state index is -0.0503. The predicted molar refractivity (Wildman–Crippen MR) is 130 cm³/mol. The third-order valence-corrected chi connectivity index (χ3v) is 6.49. The number of carbonyl (C=O) groups is 1. The number of rotatable bonds is 9. The van der Waals surface area contributed by atoms with Crippen molar-refractivity contribution < 1.29 is 9.53 Å². The van der Waals surface area contributed by atoms with Gasteiger partial charge < -0.3 is 14.6 Å². The Morgan fingerprint density at radius 2 is 1.97 bits per heavy atom. The highest BCUT2D eigenvalue weighted by atomic mass is 35.5. The van der Waals surface area contributed by atoms with Gasteiger partial charge in [-0.25, -0.2) is 0 Å². The lowest BCUT2D eigenvalue weighted by Crippen LogP contribution is -2.38. The number of para-hydroxylation sites is 1. The van der Waals surface area contributed by atoms with Gasteiger partial charge in [0.05, 0.1) is 13.2 Å². The number of carbonyl (C=O) groups excluding carboxylic acids is 1. The number of benzene rings is 2. The molecule has 6 heteroatoms. The Labute approximate surface area is 195 Å². The molecule has 0 saturated carbocycles. The number of halogens is 1. The first-order valence-electron chi connectivity index (χ1n) is 11.6. The minimum Gasteiger partial charge on any atom is -0.379 e. The van der Waals surface area contributed by atoms with E-state index in [-0.39, 0.29) is 11.8 Å². The van der Waals surface area contributed by atoms with Crippen molar-refractivity contribution in [2.24, 2.45) is 0 Å². The molecular formula is C26H32ClN3O2. The highest BCUT2D eigenvalue weighted by Crippen LogP contribution is 2.35. The van der Waals surface area contributed by atoms with E-state index in [2.05, 4.69) is 58.2 Å². The summed E-state index contributed by atoms with van der Waals surface area (Å²) in [5, 5.41) is 5.03. The number of morpholine rings is 1. The molecule has 2 aromatic carbocycles. The van der Waals surface area contributed by atoms with Crippen LogP contribution in [0.2, 0.25) is 5.02 Å². The fraction of sp³-hybridized carbons (Fsp3) is 0.423. The van der Waals surface area contributed by atoms with E-state index in [0.29, 0.717) is 18.0 Å². The van der Waals surface area contributed by atoms with Crippen LogP contribution in [0.5, 0.6) is 0 Å². The molecule has 1 N–H and O–H groups in total. The molecule has 0 spiro atoms. The Morgan fingerprint density at radius 1 is 1.16 bits per heavy atom.